The summed E-state index contributed by atoms with van der Waals surface area (Å²) in [6, 6.07) is 19.5. The number of carbonyl (C=O) groups excluding carboxylic acids is 2. The molecule has 0 aromatic heterocycles. The van der Waals surface area contributed by atoms with Crippen LogP contribution in [0.5, 0.6) is 5.75 Å². The maximum atomic E-state index is 13.0. The van der Waals surface area contributed by atoms with Crippen LogP contribution in [0.2, 0.25) is 5.02 Å². The number of esters is 1. The number of methoxy groups -OCH3 is 1. The summed E-state index contributed by atoms with van der Waals surface area (Å²) in [6.07, 6.45) is 0. The minimum Gasteiger partial charge on any atom is -0.489 e. The first-order valence-electron chi connectivity index (χ1n) is 9.84. The maximum absolute atomic E-state index is 13.0. The molecule has 0 unspecified atom stereocenters. The number of carbonyl (C=O) groups is 2. The molecule has 0 saturated heterocycles. The Morgan fingerprint density at radius 2 is 1.77 bits per heavy atom. The average Bonchev–Trinajstić information content (AvgIpc) is 2.78. The third-order valence-corrected chi connectivity index (χ3v) is 5.12. The van der Waals surface area contributed by atoms with Crippen LogP contribution in [0.15, 0.2) is 66.7 Å². The average molecular weight is 438 g/mol. The summed E-state index contributed by atoms with van der Waals surface area (Å²) in [5, 5.41) is 3.43. The highest BCUT2D eigenvalue weighted by Crippen LogP contribution is 2.21. The van der Waals surface area contributed by atoms with Gasteiger partial charge in [0.15, 0.2) is 0 Å². The first-order chi connectivity index (χ1) is 14.9. The van der Waals surface area contributed by atoms with Crippen LogP contribution < -0.4 is 10.1 Å². The first-order valence-corrected chi connectivity index (χ1v) is 10.2. The molecule has 31 heavy (non-hydrogen) atoms. The molecular weight excluding hydrogens is 414 g/mol. The van der Waals surface area contributed by atoms with Gasteiger partial charge < -0.3 is 14.8 Å². The van der Waals surface area contributed by atoms with E-state index in [2.05, 4.69) is 5.32 Å². The van der Waals surface area contributed by atoms with Crippen LogP contribution in [0.4, 0.5) is 0 Å². The van der Waals surface area contributed by atoms with E-state index >= 15 is 0 Å². The Morgan fingerprint density at radius 3 is 2.48 bits per heavy atom. The topological polar surface area (TPSA) is 64.6 Å². The van der Waals surface area contributed by atoms with Gasteiger partial charge in [0.2, 0.25) is 0 Å². The molecule has 0 bridgehead atoms. The predicted octanol–water partition coefficient (Wildman–Crippen LogP) is 5.51. The Hall–Kier alpha value is -3.31. The number of aryl methyl sites for hydroxylation is 1. The molecule has 0 fully saturated rings. The molecular formula is C25H24ClNO4. The number of hydrogen-bond donors (Lipinski definition) is 1. The Labute approximate surface area is 187 Å². The van der Waals surface area contributed by atoms with E-state index in [1.54, 1.807) is 36.4 Å². The van der Waals surface area contributed by atoms with Gasteiger partial charge in [0.05, 0.1) is 18.7 Å². The second kappa shape index (κ2) is 10.1. The molecule has 1 amide bonds. The lowest BCUT2D eigenvalue weighted by Crippen LogP contribution is -2.28. The Balaban J connectivity index is 1.75. The van der Waals surface area contributed by atoms with Crippen LogP contribution in [-0.4, -0.2) is 19.0 Å². The van der Waals surface area contributed by atoms with E-state index in [4.69, 9.17) is 21.1 Å². The van der Waals surface area contributed by atoms with Gasteiger partial charge in [-0.15, -0.1) is 0 Å². The van der Waals surface area contributed by atoms with E-state index in [1.165, 1.54) is 7.11 Å². The van der Waals surface area contributed by atoms with Gasteiger partial charge in [-0.3, -0.25) is 4.79 Å². The first kappa shape index (κ1) is 22.4. The van der Waals surface area contributed by atoms with Crippen molar-refractivity contribution >= 4 is 23.5 Å². The summed E-state index contributed by atoms with van der Waals surface area (Å²) in [4.78, 5) is 24.8. The number of amides is 1. The second-order valence-electron chi connectivity index (χ2n) is 7.22. The zero-order valence-electron chi connectivity index (χ0n) is 17.6. The Morgan fingerprint density at radius 1 is 1.03 bits per heavy atom. The van der Waals surface area contributed by atoms with Crippen molar-refractivity contribution in [2.75, 3.05) is 7.11 Å². The molecule has 0 aliphatic carbocycles. The van der Waals surface area contributed by atoms with Crippen molar-refractivity contribution in [3.63, 3.8) is 0 Å². The minimum absolute atomic E-state index is 0.231. The lowest BCUT2D eigenvalue weighted by atomic mass is 10.0. The highest BCUT2D eigenvalue weighted by Gasteiger charge is 2.17. The quantitative estimate of drug-likeness (QED) is 0.495. The largest absolute Gasteiger partial charge is 0.489 e. The molecule has 3 rings (SSSR count). The summed E-state index contributed by atoms with van der Waals surface area (Å²) >= 11 is 6.15. The van der Waals surface area contributed by atoms with Gasteiger partial charge >= 0.3 is 5.97 Å². The molecule has 0 aliphatic heterocycles. The van der Waals surface area contributed by atoms with Crippen LogP contribution >= 0.6 is 11.6 Å². The molecule has 0 radical (unpaired) electrons. The Kier molecular flexibility index (Phi) is 7.32. The van der Waals surface area contributed by atoms with E-state index in [0.29, 0.717) is 16.1 Å². The van der Waals surface area contributed by atoms with Crippen LogP contribution in [0.25, 0.3) is 0 Å². The minimum atomic E-state index is -0.425. The van der Waals surface area contributed by atoms with Gasteiger partial charge in [-0.2, -0.15) is 0 Å². The van der Waals surface area contributed by atoms with Gasteiger partial charge in [0, 0.05) is 16.1 Å². The lowest BCUT2D eigenvalue weighted by molar-refractivity contribution is 0.0600. The van der Waals surface area contributed by atoms with Crippen molar-refractivity contribution in [1.29, 1.82) is 0 Å². The molecule has 5 nitrogen and oxygen atoms in total. The summed E-state index contributed by atoms with van der Waals surface area (Å²) in [6.45, 7) is 4.09. The van der Waals surface area contributed by atoms with Crippen molar-refractivity contribution < 1.29 is 19.1 Å². The standard InChI is InChI=1S/C25H24ClNO4/c1-16-7-11-22(12-8-16)31-15-20-9-10-21(26)14-23(20)24(28)27-17(2)18-5-4-6-19(13-18)25(29)30-3/h4-14,17H,15H2,1-3H3,(H,27,28)/t17-/m0/s1. The molecule has 0 saturated carbocycles. The van der Waals surface area contributed by atoms with E-state index in [9.17, 15) is 9.59 Å². The number of halogens is 1. The molecule has 0 heterocycles. The van der Waals surface area contributed by atoms with Gasteiger partial charge in [-0.25, -0.2) is 4.79 Å². The van der Waals surface area contributed by atoms with Crippen molar-refractivity contribution in [2.45, 2.75) is 26.5 Å². The third-order valence-electron chi connectivity index (χ3n) is 4.89. The van der Waals surface area contributed by atoms with Crippen molar-refractivity contribution in [2.24, 2.45) is 0 Å². The van der Waals surface area contributed by atoms with E-state index < -0.39 is 5.97 Å². The smallest absolute Gasteiger partial charge is 0.337 e. The number of rotatable bonds is 7. The van der Waals surface area contributed by atoms with Crippen LogP contribution in [0.3, 0.4) is 0 Å². The molecule has 0 spiro atoms. The number of hydrogen-bond acceptors (Lipinski definition) is 4. The molecule has 3 aromatic rings. The summed E-state index contributed by atoms with van der Waals surface area (Å²) < 4.78 is 10.6. The van der Waals surface area contributed by atoms with Crippen LogP contribution in [-0.2, 0) is 11.3 Å². The fourth-order valence-corrected chi connectivity index (χ4v) is 3.26. The van der Waals surface area contributed by atoms with Crippen molar-refractivity contribution in [3.05, 3.63) is 99.6 Å². The molecule has 0 aliphatic rings. The van der Waals surface area contributed by atoms with Crippen LogP contribution in [0, 0.1) is 6.92 Å². The number of nitrogens with one attached hydrogen (secondary N) is 1. The highest BCUT2D eigenvalue weighted by molar-refractivity contribution is 6.31. The zero-order valence-corrected chi connectivity index (χ0v) is 18.4. The molecule has 6 heteroatoms. The lowest BCUT2D eigenvalue weighted by Gasteiger charge is -2.17. The number of benzene rings is 3. The molecule has 160 valence electrons. The van der Waals surface area contributed by atoms with Crippen molar-refractivity contribution in [1.82, 2.24) is 5.32 Å². The summed E-state index contributed by atoms with van der Waals surface area (Å²) in [5.74, 6) is 0.0200. The highest BCUT2D eigenvalue weighted by atomic mass is 35.5. The van der Waals surface area contributed by atoms with Gasteiger partial charge in [-0.1, -0.05) is 47.5 Å². The number of ether oxygens (including phenoxy) is 2. The monoisotopic (exact) mass is 437 g/mol. The van der Waals surface area contributed by atoms with E-state index in [0.717, 1.165) is 22.4 Å². The zero-order chi connectivity index (χ0) is 22.4. The van der Waals surface area contributed by atoms with Crippen LogP contribution in [0.1, 0.15) is 50.4 Å². The third kappa shape index (κ3) is 5.86. The SMILES string of the molecule is COC(=O)c1cccc([C@H](C)NC(=O)c2cc(Cl)ccc2COc2ccc(C)cc2)c1. The van der Waals surface area contributed by atoms with E-state index in [1.807, 2.05) is 44.2 Å². The predicted molar refractivity (Wildman–Crippen MR) is 121 cm³/mol. The van der Waals surface area contributed by atoms with Gasteiger partial charge in [0.1, 0.15) is 12.4 Å². The normalized spacial score (nSPS) is 11.5. The fourth-order valence-electron chi connectivity index (χ4n) is 3.09. The van der Waals surface area contributed by atoms with Crippen molar-refractivity contribution in [3.8, 4) is 5.75 Å². The maximum Gasteiger partial charge on any atom is 0.337 e. The summed E-state index contributed by atoms with van der Waals surface area (Å²) in [7, 11) is 1.33. The fraction of sp³-hybridized carbons (Fsp3) is 0.200. The Bertz CT molecular complexity index is 1080. The summed E-state index contributed by atoms with van der Waals surface area (Å²) in [5.41, 5.74) is 3.52. The van der Waals surface area contributed by atoms with Gasteiger partial charge in [-0.05, 0) is 55.8 Å². The van der Waals surface area contributed by atoms with E-state index in [-0.39, 0.29) is 18.6 Å². The van der Waals surface area contributed by atoms with Gasteiger partial charge in [0.25, 0.3) is 5.91 Å². The molecule has 1 N–H and O–H groups in total. The molecule has 1 atom stereocenters. The second-order valence-corrected chi connectivity index (χ2v) is 7.65. The molecule has 3 aromatic carbocycles.